The van der Waals surface area contributed by atoms with Crippen LogP contribution in [0.25, 0.3) is 10.2 Å². The number of carbonyl (C=O) groups excluding carboxylic acids is 2. The number of benzene rings is 1. The third kappa shape index (κ3) is 4.87. The first-order chi connectivity index (χ1) is 12.1. The van der Waals surface area contributed by atoms with Gasteiger partial charge >= 0.3 is 5.97 Å². The lowest BCUT2D eigenvalue weighted by atomic mass is 10.2. The predicted molar refractivity (Wildman–Crippen MR) is 93.4 cm³/mol. The maximum atomic E-state index is 11.7. The molecule has 3 rings (SSSR count). The molecule has 1 N–H and O–H groups in total. The molecule has 0 saturated carbocycles. The standard InChI is InChI=1S/C17H17N3O4S/c1-11-9-14(20-24-11)19-15(21)10-23-17(22)8-4-7-16-18-12-5-2-3-6-13(12)25-16/h2-3,5-6,9H,4,7-8,10H2,1H3,(H,19,20,21). The molecule has 3 aromatic rings. The van der Waals surface area contributed by atoms with Crippen LogP contribution in [0, 0.1) is 6.92 Å². The van der Waals surface area contributed by atoms with Crippen molar-refractivity contribution in [1.82, 2.24) is 10.1 Å². The minimum atomic E-state index is -0.451. The van der Waals surface area contributed by atoms with Crippen LogP contribution in [0.3, 0.4) is 0 Å². The highest BCUT2D eigenvalue weighted by atomic mass is 32.1. The zero-order valence-electron chi connectivity index (χ0n) is 13.7. The normalized spacial score (nSPS) is 10.8. The van der Waals surface area contributed by atoms with Gasteiger partial charge in [-0.05, 0) is 31.9 Å². The van der Waals surface area contributed by atoms with Gasteiger partial charge in [0, 0.05) is 12.5 Å². The molecule has 2 aromatic heterocycles. The van der Waals surface area contributed by atoms with Crippen LogP contribution in [-0.4, -0.2) is 28.6 Å². The number of hydrogen-bond donors (Lipinski definition) is 1. The number of amides is 1. The second-order valence-electron chi connectivity index (χ2n) is 5.46. The summed E-state index contributed by atoms with van der Waals surface area (Å²) >= 11 is 1.63. The van der Waals surface area contributed by atoms with Crippen LogP contribution in [0.1, 0.15) is 23.6 Å². The van der Waals surface area contributed by atoms with Gasteiger partial charge in [0.1, 0.15) is 5.76 Å². The van der Waals surface area contributed by atoms with E-state index in [1.54, 1.807) is 24.3 Å². The third-order valence-corrected chi connectivity index (χ3v) is 4.47. The highest BCUT2D eigenvalue weighted by Gasteiger charge is 2.10. The Balaban J connectivity index is 1.37. The zero-order chi connectivity index (χ0) is 17.6. The molecule has 0 fully saturated rings. The van der Waals surface area contributed by atoms with E-state index in [9.17, 15) is 9.59 Å². The summed E-state index contributed by atoms with van der Waals surface area (Å²) in [5.74, 6) is 0.0249. The minimum absolute atomic E-state index is 0.242. The summed E-state index contributed by atoms with van der Waals surface area (Å²) in [5.41, 5.74) is 0.977. The zero-order valence-corrected chi connectivity index (χ0v) is 14.5. The van der Waals surface area contributed by atoms with Gasteiger partial charge in [-0.25, -0.2) is 4.98 Å². The fraction of sp³-hybridized carbons (Fsp3) is 0.294. The number of aromatic nitrogens is 2. The van der Waals surface area contributed by atoms with Gasteiger partial charge in [0.15, 0.2) is 12.4 Å². The molecular formula is C17H17N3O4S. The second kappa shape index (κ2) is 7.89. The lowest BCUT2D eigenvalue weighted by Crippen LogP contribution is -2.21. The minimum Gasteiger partial charge on any atom is -0.456 e. The van der Waals surface area contributed by atoms with Crippen LogP contribution in [0.2, 0.25) is 0 Å². The Bertz CT molecular complexity index is 854. The SMILES string of the molecule is Cc1cc(NC(=O)COC(=O)CCCc2nc3ccccc3s2)no1. The molecule has 7 nitrogen and oxygen atoms in total. The average Bonchev–Trinajstić information content (AvgIpc) is 3.18. The summed E-state index contributed by atoms with van der Waals surface area (Å²) in [6.45, 7) is 1.37. The summed E-state index contributed by atoms with van der Waals surface area (Å²) in [5, 5.41) is 7.11. The first-order valence-electron chi connectivity index (χ1n) is 7.83. The summed E-state index contributed by atoms with van der Waals surface area (Å²) in [7, 11) is 0. The number of hydrogen-bond acceptors (Lipinski definition) is 7. The van der Waals surface area contributed by atoms with E-state index in [1.807, 2.05) is 24.3 Å². The number of rotatable bonds is 7. The van der Waals surface area contributed by atoms with Crippen molar-refractivity contribution in [3.8, 4) is 0 Å². The van der Waals surface area contributed by atoms with Gasteiger partial charge in [-0.1, -0.05) is 17.3 Å². The Morgan fingerprint density at radius 1 is 1.32 bits per heavy atom. The van der Waals surface area contributed by atoms with Crippen LogP contribution >= 0.6 is 11.3 Å². The summed E-state index contributed by atoms with van der Waals surface area (Å²) < 4.78 is 10.9. The average molecular weight is 359 g/mol. The molecule has 2 heterocycles. The van der Waals surface area contributed by atoms with Crippen molar-refractivity contribution >= 4 is 39.2 Å². The number of para-hydroxylation sites is 1. The predicted octanol–water partition coefficient (Wildman–Crippen LogP) is 3.10. The summed E-state index contributed by atoms with van der Waals surface area (Å²) in [4.78, 5) is 27.9. The Labute approximate surface area is 148 Å². The van der Waals surface area contributed by atoms with E-state index in [2.05, 4.69) is 15.5 Å². The lowest BCUT2D eigenvalue weighted by Gasteiger charge is -2.04. The van der Waals surface area contributed by atoms with Gasteiger partial charge in [-0.3, -0.25) is 9.59 Å². The molecule has 0 atom stereocenters. The quantitative estimate of drug-likeness (QED) is 0.652. The molecule has 1 amide bonds. The van der Waals surface area contributed by atoms with Gasteiger partial charge in [0.2, 0.25) is 0 Å². The van der Waals surface area contributed by atoms with Crippen molar-refractivity contribution in [3.63, 3.8) is 0 Å². The second-order valence-corrected chi connectivity index (χ2v) is 6.58. The van der Waals surface area contributed by atoms with Gasteiger partial charge < -0.3 is 14.6 Å². The number of aryl methyl sites for hydroxylation is 2. The number of anilines is 1. The van der Waals surface area contributed by atoms with E-state index in [0.29, 0.717) is 24.4 Å². The Hall–Kier alpha value is -2.74. The van der Waals surface area contributed by atoms with Crippen LogP contribution < -0.4 is 5.32 Å². The summed E-state index contributed by atoms with van der Waals surface area (Å²) in [6, 6.07) is 9.51. The maximum Gasteiger partial charge on any atom is 0.306 e. The van der Waals surface area contributed by atoms with Crippen molar-refractivity contribution in [1.29, 1.82) is 0 Å². The number of ether oxygens (including phenoxy) is 1. The van der Waals surface area contributed by atoms with Crippen LogP contribution in [-0.2, 0) is 20.7 Å². The van der Waals surface area contributed by atoms with E-state index >= 15 is 0 Å². The van der Waals surface area contributed by atoms with E-state index in [-0.39, 0.29) is 13.0 Å². The lowest BCUT2D eigenvalue weighted by molar-refractivity contribution is -0.147. The van der Waals surface area contributed by atoms with E-state index < -0.39 is 11.9 Å². The van der Waals surface area contributed by atoms with Crippen LogP contribution in [0.5, 0.6) is 0 Å². The van der Waals surface area contributed by atoms with E-state index in [0.717, 1.165) is 15.2 Å². The van der Waals surface area contributed by atoms with Gasteiger partial charge in [0.05, 0.1) is 15.2 Å². The van der Waals surface area contributed by atoms with Gasteiger partial charge in [-0.2, -0.15) is 0 Å². The van der Waals surface area contributed by atoms with Crippen molar-refractivity contribution < 1.29 is 18.8 Å². The molecular weight excluding hydrogens is 342 g/mol. The molecule has 8 heteroatoms. The molecule has 0 aliphatic rings. The van der Waals surface area contributed by atoms with Crippen molar-refractivity contribution in [2.24, 2.45) is 0 Å². The highest BCUT2D eigenvalue weighted by Crippen LogP contribution is 2.22. The molecule has 130 valence electrons. The van der Waals surface area contributed by atoms with Gasteiger partial charge in [-0.15, -0.1) is 11.3 Å². The Morgan fingerprint density at radius 2 is 2.16 bits per heavy atom. The molecule has 0 aliphatic carbocycles. The van der Waals surface area contributed by atoms with Crippen LogP contribution in [0.4, 0.5) is 5.82 Å². The molecule has 0 saturated heterocycles. The van der Waals surface area contributed by atoms with E-state index in [4.69, 9.17) is 9.26 Å². The highest BCUT2D eigenvalue weighted by molar-refractivity contribution is 7.18. The molecule has 0 aliphatic heterocycles. The first kappa shape index (κ1) is 17.1. The molecule has 0 radical (unpaired) electrons. The van der Waals surface area contributed by atoms with Gasteiger partial charge in [0.25, 0.3) is 5.91 Å². The fourth-order valence-electron chi connectivity index (χ4n) is 2.23. The van der Waals surface area contributed by atoms with Crippen LogP contribution in [0.15, 0.2) is 34.9 Å². The maximum absolute atomic E-state index is 11.7. The molecule has 25 heavy (non-hydrogen) atoms. The number of esters is 1. The summed E-state index contributed by atoms with van der Waals surface area (Å²) in [6.07, 6.45) is 1.58. The molecule has 0 unspecified atom stereocenters. The van der Waals surface area contributed by atoms with Crippen molar-refractivity contribution in [2.45, 2.75) is 26.2 Å². The number of fused-ring (bicyclic) bond motifs is 1. The van der Waals surface area contributed by atoms with Crippen molar-refractivity contribution in [2.75, 3.05) is 11.9 Å². The van der Waals surface area contributed by atoms with E-state index in [1.165, 1.54) is 0 Å². The smallest absolute Gasteiger partial charge is 0.306 e. The number of carbonyl (C=O) groups is 2. The Kier molecular flexibility index (Phi) is 5.39. The third-order valence-electron chi connectivity index (χ3n) is 3.37. The molecule has 0 spiro atoms. The Morgan fingerprint density at radius 3 is 2.92 bits per heavy atom. The first-order valence-corrected chi connectivity index (χ1v) is 8.65. The topological polar surface area (TPSA) is 94.3 Å². The monoisotopic (exact) mass is 359 g/mol. The number of nitrogens with one attached hydrogen (secondary N) is 1. The fourth-order valence-corrected chi connectivity index (χ4v) is 3.24. The van der Waals surface area contributed by atoms with Crippen molar-refractivity contribution in [3.05, 3.63) is 41.1 Å². The molecule has 0 bridgehead atoms. The number of nitrogens with zero attached hydrogens (tertiary/aromatic N) is 2. The number of thiazole rings is 1. The molecule has 1 aromatic carbocycles. The largest absolute Gasteiger partial charge is 0.456 e.